The van der Waals surface area contributed by atoms with E-state index in [2.05, 4.69) is 4.98 Å². The van der Waals surface area contributed by atoms with Gasteiger partial charge in [0, 0.05) is 16.8 Å². The number of nitrogens with one attached hydrogen (secondary N) is 1. The number of benzene rings is 3. The van der Waals surface area contributed by atoms with Crippen LogP contribution in [0.1, 0.15) is 17.0 Å². The summed E-state index contributed by atoms with van der Waals surface area (Å²) in [6.07, 6.45) is 0. The third kappa shape index (κ3) is 3.82. The summed E-state index contributed by atoms with van der Waals surface area (Å²) in [4.78, 5) is 29.2. The minimum absolute atomic E-state index is 0.604. The summed E-state index contributed by atoms with van der Waals surface area (Å²) in [5.74, 6) is -3.03. The van der Waals surface area contributed by atoms with Crippen LogP contribution in [0.25, 0.3) is 22.2 Å². The lowest BCUT2D eigenvalue weighted by Gasteiger charge is -2.25. The highest BCUT2D eigenvalue weighted by molar-refractivity contribution is 5.99. The first-order valence-corrected chi connectivity index (χ1v) is 10.0. The van der Waals surface area contributed by atoms with Crippen molar-refractivity contribution in [2.45, 2.75) is 5.92 Å². The molecule has 0 aliphatic heterocycles. The van der Waals surface area contributed by atoms with E-state index in [0.717, 1.165) is 33.3 Å². The number of para-hydroxylation sites is 1. The number of aromatic nitrogens is 1. The minimum Gasteiger partial charge on any atom is -0.468 e. The zero-order valence-corrected chi connectivity index (χ0v) is 17.4. The van der Waals surface area contributed by atoms with E-state index in [4.69, 9.17) is 9.47 Å². The SMILES string of the molecule is COC(=O)C(C(=O)OC)C(c1ccccc1)c1c(-c2ccccc2)[nH]c2ccccc12. The van der Waals surface area contributed by atoms with Gasteiger partial charge >= 0.3 is 11.9 Å². The van der Waals surface area contributed by atoms with E-state index in [9.17, 15) is 9.59 Å². The Bertz CT molecular complexity index is 1180. The fourth-order valence-electron chi connectivity index (χ4n) is 4.13. The van der Waals surface area contributed by atoms with Crippen LogP contribution in [0.15, 0.2) is 84.9 Å². The predicted molar refractivity (Wildman–Crippen MR) is 120 cm³/mol. The van der Waals surface area contributed by atoms with Crippen molar-refractivity contribution >= 4 is 22.8 Å². The smallest absolute Gasteiger partial charge is 0.321 e. The van der Waals surface area contributed by atoms with Crippen LogP contribution in [-0.4, -0.2) is 31.1 Å². The molecule has 0 aliphatic rings. The first kappa shape index (κ1) is 20.4. The maximum absolute atomic E-state index is 12.9. The normalized spacial score (nSPS) is 12.0. The summed E-state index contributed by atoms with van der Waals surface area (Å²) >= 11 is 0. The quantitative estimate of drug-likeness (QED) is 0.360. The first-order valence-electron chi connectivity index (χ1n) is 10.0. The van der Waals surface area contributed by atoms with E-state index in [-0.39, 0.29) is 0 Å². The monoisotopic (exact) mass is 413 g/mol. The van der Waals surface area contributed by atoms with Gasteiger partial charge in [-0.1, -0.05) is 78.9 Å². The third-order valence-corrected chi connectivity index (χ3v) is 5.52. The summed E-state index contributed by atoms with van der Waals surface area (Å²) in [5, 5.41) is 0.938. The van der Waals surface area contributed by atoms with Crippen LogP contribution in [0, 0.1) is 5.92 Å². The summed E-state index contributed by atoms with van der Waals surface area (Å²) in [6.45, 7) is 0. The second-order valence-electron chi connectivity index (χ2n) is 7.24. The molecular weight excluding hydrogens is 390 g/mol. The number of hydrogen-bond acceptors (Lipinski definition) is 4. The van der Waals surface area contributed by atoms with Gasteiger partial charge in [-0.3, -0.25) is 9.59 Å². The van der Waals surface area contributed by atoms with Gasteiger partial charge in [-0.25, -0.2) is 0 Å². The Labute approximate surface area is 180 Å². The molecule has 4 rings (SSSR count). The van der Waals surface area contributed by atoms with Gasteiger partial charge in [0.1, 0.15) is 0 Å². The molecule has 0 amide bonds. The number of esters is 2. The second kappa shape index (κ2) is 8.88. The van der Waals surface area contributed by atoms with Gasteiger partial charge in [0.05, 0.1) is 19.9 Å². The average molecular weight is 413 g/mol. The van der Waals surface area contributed by atoms with Gasteiger partial charge in [0.25, 0.3) is 0 Å². The Morgan fingerprint density at radius 2 is 1.29 bits per heavy atom. The number of H-pyrrole nitrogens is 1. The van der Waals surface area contributed by atoms with Crippen LogP contribution < -0.4 is 0 Å². The molecule has 5 nitrogen and oxygen atoms in total. The summed E-state index contributed by atoms with van der Waals surface area (Å²) in [5.41, 5.74) is 4.42. The van der Waals surface area contributed by atoms with Crippen molar-refractivity contribution in [3.05, 3.63) is 96.1 Å². The van der Waals surface area contributed by atoms with E-state index < -0.39 is 23.8 Å². The largest absolute Gasteiger partial charge is 0.468 e. The molecule has 0 aliphatic carbocycles. The number of aromatic amines is 1. The van der Waals surface area contributed by atoms with Crippen LogP contribution in [0.5, 0.6) is 0 Å². The molecule has 0 saturated carbocycles. The topological polar surface area (TPSA) is 68.4 Å². The van der Waals surface area contributed by atoms with Gasteiger partial charge in [-0.05, 0) is 22.8 Å². The molecule has 0 spiro atoms. The van der Waals surface area contributed by atoms with Gasteiger partial charge in [-0.15, -0.1) is 0 Å². The third-order valence-electron chi connectivity index (χ3n) is 5.52. The van der Waals surface area contributed by atoms with Crippen LogP contribution in [0.3, 0.4) is 0 Å². The molecule has 1 heterocycles. The Hall–Kier alpha value is -3.86. The Balaban J connectivity index is 2.06. The minimum atomic E-state index is -1.15. The highest BCUT2D eigenvalue weighted by atomic mass is 16.5. The number of hydrogen-bond donors (Lipinski definition) is 1. The Morgan fingerprint density at radius 1 is 0.742 bits per heavy atom. The molecule has 0 bridgehead atoms. The molecule has 1 unspecified atom stereocenters. The summed E-state index contributed by atoms with van der Waals surface area (Å²) < 4.78 is 10.1. The predicted octanol–water partition coefficient (Wildman–Crippen LogP) is 4.93. The number of fused-ring (bicyclic) bond motifs is 1. The van der Waals surface area contributed by atoms with Crippen molar-refractivity contribution in [2.75, 3.05) is 14.2 Å². The zero-order chi connectivity index (χ0) is 21.8. The second-order valence-corrected chi connectivity index (χ2v) is 7.24. The standard InChI is InChI=1S/C26H23NO4/c1-30-25(28)23(26(29)31-2)21(17-11-5-3-6-12-17)22-19-15-9-10-16-20(19)27-24(22)18-13-7-4-8-14-18/h3-16,21,23,27H,1-2H3. The van der Waals surface area contributed by atoms with Crippen molar-refractivity contribution in [1.29, 1.82) is 0 Å². The fraction of sp³-hybridized carbons (Fsp3) is 0.154. The van der Waals surface area contributed by atoms with Gasteiger partial charge in [0.15, 0.2) is 5.92 Å². The lowest BCUT2D eigenvalue weighted by Crippen LogP contribution is -2.33. The molecule has 0 radical (unpaired) electrons. The number of rotatable bonds is 6. The molecule has 0 fully saturated rings. The van der Waals surface area contributed by atoms with E-state index in [1.54, 1.807) is 0 Å². The van der Waals surface area contributed by atoms with Crippen LogP contribution in [0.4, 0.5) is 0 Å². The van der Waals surface area contributed by atoms with E-state index in [1.807, 2.05) is 84.9 Å². The van der Waals surface area contributed by atoms with Crippen LogP contribution in [-0.2, 0) is 19.1 Å². The molecular formula is C26H23NO4. The van der Waals surface area contributed by atoms with E-state index in [1.165, 1.54) is 14.2 Å². The van der Waals surface area contributed by atoms with Crippen molar-refractivity contribution < 1.29 is 19.1 Å². The molecule has 156 valence electrons. The average Bonchev–Trinajstić information content (AvgIpc) is 3.22. The Morgan fingerprint density at radius 3 is 1.90 bits per heavy atom. The molecule has 5 heteroatoms. The van der Waals surface area contributed by atoms with Crippen molar-refractivity contribution in [1.82, 2.24) is 4.98 Å². The summed E-state index contributed by atoms with van der Waals surface area (Å²) in [6, 6.07) is 27.3. The van der Waals surface area contributed by atoms with E-state index >= 15 is 0 Å². The zero-order valence-electron chi connectivity index (χ0n) is 17.4. The molecule has 1 N–H and O–H groups in total. The number of methoxy groups -OCH3 is 2. The van der Waals surface area contributed by atoms with Gasteiger partial charge in [0.2, 0.25) is 0 Å². The molecule has 4 aromatic rings. The highest BCUT2D eigenvalue weighted by Crippen LogP contribution is 2.43. The Kier molecular flexibility index (Phi) is 5.85. The van der Waals surface area contributed by atoms with E-state index in [0.29, 0.717) is 0 Å². The van der Waals surface area contributed by atoms with Gasteiger partial charge < -0.3 is 14.5 Å². The maximum atomic E-state index is 12.9. The molecule has 3 aromatic carbocycles. The van der Waals surface area contributed by atoms with Crippen LogP contribution in [0.2, 0.25) is 0 Å². The molecule has 1 aromatic heterocycles. The maximum Gasteiger partial charge on any atom is 0.321 e. The van der Waals surface area contributed by atoms with Crippen molar-refractivity contribution in [3.8, 4) is 11.3 Å². The van der Waals surface area contributed by atoms with Crippen LogP contribution >= 0.6 is 0 Å². The number of carbonyl (C=O) groups is 2. The molecule has 0 saturated heterocycles. The highest BCUT2D eigenvalue weighted by Gasteiger charge is 2.41. The lowest BCUT2D eigenvalue weighted by molar-refractivity contribution is -0.159. The molecule has 1 atom stereocenters. The van der Waals surface area contributed by atoms with Crippen molar-refractivity contribution in [2.24, 2.45) is 5.92 Å². The first-order chi connectivity index (χ1) is 15.2. The molecule has 31 heavy (non-hydrogen) atoms. The number of carbonyl (C=O) groups excluding carboxylic acids is 2. The summed E-state index contributed by atoms with van der Waals surface area (Å²) in [7, 11) is 2.57. The number of ether oxygens (including phenoxy) is 2. The fourth-order valence-corrected chi connectivity index (χ4v) is 4.13. The van der Waals surface area contributed by atoms with Gasteiger partial charge in [-0.2, -0.15) is 0 Å². The van der Waals surface area contributed by atoms with Crippen molar-refractivity contribution in [3.63, 3.8) is 0 Å². The lowest BCUT2D eigenvalue weighted by atomic mass is 9.78.